The molecule has 1 aromatic carbocycles. The zero-order chi connectivity index (χ0) is 13.5. The van der Waals surface area contributed by atoms with E-state index in [4.69, 9.17) is 0 Å². The first-order valence-electron chi connectivity index (χ1n) is 6.35. The standard InChI is InChI=1S/C15H11N5/c1-9-5-6-12-15(18-9)20-14(19-12)10-3-2-4-11-13(10)17-8-7-16-11/h2-8H,1H3,(H,18,19,20). The van der Waals surface area contributed by atoms with Gasteiger partial charge in [0.15, 0.2) is 5.65 Å². The Morgan fingerprint density at radius 1 is 0.950 bits per heavy atom. The van der Waals surface area contributed by atoms with E-state index in [0.717, 1.165) is 39.3 Å². The number of benzene rings is 1. The Morgan fingerprint density at radius 2 is 1.85 bits per heavy atom. The lowest BCUT2D eigenvalue weighted by Gasteiger charge is -2.01. The van der Waals surface area contributed by atoms with Gasteiger partial charge in [0.05, 0.1) is 16.6 Å². The van der Waals surface area contributed by atoms with Crippen LogP contribution in [0.1, 0.15) is 5.69 Å². The summed E-state index contributed by atoms with van der Waals surface area (Å²) >= 11 is 0. The molecule has 0 saturated heterocycles. The first kappa shape index (κ1) is 11.0. The molecule has 20 heavy (non-hydrogen) atoms. The summed E-state index contributed by atoms with van der Waals surface area (Å²) in [4.78, 5) is 21.0. The molecule has 3 aromatic heterocycles. The Morgan fingerprint density at radius 3 is 2.80 bits per heavy atom. The van der Waals surface area contributed by atoms with Gasteiger partial charge in [-0.25, -0.2) is 9.97 Å². The Labute approximate surface area is 114 Å². The van der Waals surface area contributed by atoms with Gasteiger partial charge in [0.1, 0.15) is 5.82 Å². The highest BCUT2D eigenvalue weighted by Gasteiger charge is 2.10. The van der Waals surface area contributed by atoms with Crippen LogP contribution in [0.2, 0.25) is 0 Å². The van der Waals surface area contributed by atoms with Crippen LogP contribution in [0.3, 0.4) is 0 Å². The number of rotatable bonds is 1. The number of hydrogen-bond acceptors (Lipinski definition) is 4. The third-order valence-electron chi connectivity index (χ3n) is 3.24. The molecule has 0 radical (unpaired) electrons. The molecule has 0 aliphatic carbocycles. The third-order valence-corrected chi connectivity index (χ3v) is 3.24. The predicted octanol–water partition coefficient (Wildman–Crippen LogP) is 2.88. The Bertz CT molecular complexity index is 921. The number of aryl methyl sites for hydroxylation is 1. The first-order chi connectivity index (χ1) is 9.81. The molecule has 96 valence electrons. The number of fused-ring (bicyclic) bond motifs is 2. The SMILES string of the molecule is Cc1ccc2[nH]c(-c3cccc4nccnc34)nc2n1. The van der Waals surface area contributed by atoms with Crippen LogP contribution in [-0.2, 0) is 0 Å². The number of nitrogens with one attached hydrogen (secondary N) is 1. The lowest BCUT2D eigenvalue weighted by atomic mass is 10.1. The van der Waals surface area contributed by atoms with Crippen molar-refractivity contribution < 1.29 is 0 Å². The summed E-state index contributed by atoms with van der Waals surface area (Å²) in [6.45, 7) is 1.96. The van der Waals surface area contributed by atoms with Gasteiger partial charge >= 0.3 is 0 Å². The quantitative estimate of drug-likeness (QED) is 0.572. The van der Waals surface area contributed by atoms with E-state index in [-0.39, 0.29) is 0 Å². The van der Waals surface area contributed by atoms with Gasteiger partial charge in [-0.15, -0.1) is 0 Å². The summed E-state index contributed by atoms with van der Waals surface area (Å²) in [5.74, 6) is 0.768. The number of pyridine rings is 1. The fourth-order valence-electron chi connectivity index (χ4n) is 2.30. The first-order valence-corrected chi connectivity index (χ1v) is 6.35. The van der Waals surface area contributed by atoms with Crippen molar-refractivity contribution in [3.63, 3.8) is 0 Å². The highest BCUT2D eigenvalue weighted by Crippen LogP contribution is 2.25. The summed E-state index contributed by atoms with van der Waals surface area (Å²) in [6.07, 6.45) is 3.38. The number of H-pyrrole nitrogens is 1. The van der Waals surface area contributed by atoms with Crippen LogP contribution in [0.4, 0.5) is 0 Å². The number of aromatic amines is 1. The molecular weight excluding hydrogens is 250 g/mol. The maximum atomic E-state index is 4.56. The average molecular weight is 261 g/mol. The average Bonchev–Trinajstić information content (AvgIpc) is 2.89. The molecule has 3 heterocycles. The second-order valence-electron chi connectivity index (χ2n) is 4.64. The van der Waals surface area contributed by atoms with Gasteiger partial charge in [0, 0.05) is 23.7 Å². The van der Waals surface area contributed by atoms with Crippen LogP contribution in [-0.4, -0.2) is 24.9 Å². The highest BCUT2D eigenvalue weighted by atomic mass is 15.0. The molecular formula is C15H11N5. The van der Waals surface area contributed by atoms with Crippen LogP contribution >= 0.6 is 0 Å². The fourth-order valence-corrected chi connectivity index (χ4v) is 2.30. The van der Waals surface area contributed by atoms with Gasteiger partial charge in [-0.05, 0) is 31.2 Å². The predicted molar refractivity (Wildman–Crippen MR) is 77.2 cm³/mol. The minimum absolute atomic E-state index is 0.723. The summed E-state index contributed by atoms with van der Waals surface area (Å²) in [5, 5.41) is 0. The van der Waals surface area contributed by atoms with E-state index in [9.17, 15) is 0 Å². The smallest absolute Gasteiger partial charge is 0.178 e. The molecule has 0 aliphatic heterocycles. The molecule has 0 unspecified atom stereocenters. The molecule has 0 bridgehead atoms. The minimum atomic E-state index is 0.723. The van der Waals surface area contributed by atoms with Gasteiger partial charge in [-0.2, -0.15) is 0 Å². The number of aromatic nitrogens is 5. The van der Waals surface area contributed by atoms with Crippen LogP contribution in [0.25, 0.3) is 33.6 Å². The molecule has 0 spiro atoms. The molecule has 5 nitrogen and oxygen atoms in total. The molecule has 5 heteroatoms. The van der Waals surface area contributed by atoms with Crippen LogP contribution in [0.5, 0.6) is 0 Å². The van der Waals surface area contributed by atoms with Crippen molar-refractivity contribution in [2.75, 3.05) is 0 Å². The van der Waals surface area contributed by atoms with Crippen molar-refractivity contribution in [2.24, 2.45) is 0 Å². The van der Waals surface area contributed by atoms with Gasteiger partial charge in [0.2, 0.25) is 0 Å². The molecule has 0 saturated carbocycles. The molecule has 0 fully saturated rings. The largest absolute Gasteiger partial charge is 0.337 e. The Kier molecular flexibility index (Phi) is 2.26. The van der Waals surface area contributed by atoms with E-state index in [2.05, 4.69) is 24.9 Å². The molecule has 4 rings (SSSR count). The molecule has 0 atom stereocenters. The lowest BCUT2D eigenvalue weighted by Crippen LogP contribution is -1.88. The van der Waals surface area contributed by atoms with E-state index in [1.165, 1.54) is 0 Å². The van der Waals surface area contributed by atoms with Crippen molar-refractivity contribution in [1.82, 2.24) is 24.9 Å². The number of hydrogen-bond donors (Lipinski definition) is 1. The van der Waals surface area contributed by atoms with Crippen molar-refractivity contribution >= 4 is 22.2 Å². The van der Waals surface area contributed by atoms with Crippen LogP contribution in [0.15, 0.2) is 42.7 Å². The van der Waals surface area contributed by atoms with Crippen LogP contribution < -0.4 is 0 Å². The second kappa shape index (κ2) is 4.09. The number of nitrogens with zero attached hydrogens (tertiary/aromatic N) is 4. The zero-order valence-electron chi connectivity index (χ0n) is 10.8. The van der Waals surface area contributed by atoms with E-state index >= 15 is 0 Å². The van der Waals surface area contributed by atoms with E-state index < -0.39 is 0 Å². The maximum Gasteiger partial charge on any atom is 0.178 e. The van der Waals surface area contributed by atoms with Crippen LogP contribution in [0, 0.1) is 6.92 Å². The van der Waals surface area contributed by atoms with Gasteiger partial charge in [-0.3, -0.25) is 9.97 Å². The van der Waals surface area contributed by atoms with Gasteiger partial charge in [-0.1, -0.05) is 6.07 Å². The Balaban J connectivity index is 2.01. The molecule has 4 aromatic rings. The maximum absolute atomic E-state index is 4.56. The third kappa shape index (κ3) is 1.64. The van der Waals surface area contributed by atoms with E-state index in [1.807, 2.05) is 37.3 Å². The van der Waals surface area contributed by atoms with Crippen molar-refractivity contribution in [3.8, 4) is 11.4 Å². The summed E-state index contributed by atoms with van der Waals surface area (Å²) < 4.78 is 0. The van der Waals surface area contributed by atoms with Gasteiger partial charge < -0.3 is 4.98 Å². The molecule has 1 N–H and O–H groups in total. The second-order valence-corrected chi connectivity index (χ2v) is 4.64. The van der Waals surface area contributed by atoms with Gasteiger partial charge in [0.25, 0.3) is 0 Å². The molecule has 0 aliphatic rings. The monoisotopic (exact) mass is 261 g/mol. The zero-order valence-corrected chi connectivity index (χ0v) is 10.8. The summed E-state index contributed by atoms with van der Waals surface area (Å²) in [6, 6.07) is 9.84. The van der Waals surface area contributed by atoms with Crippen molar-refractivity contribution in [3.05, 3.63) is 48.4 Å². The number of imidazole rings is 1. The van der Waals surface area contributed by atoms with E-state index in [1.54, 1.807) is 12.4 Å². The highest BCUT2D eigenvalue weighted by molar-refractivity contribution is 5.91. The summed E-state index contributed by atoms with van der Waals surface area (Å²) in [7, 11) is 0. The number of para-hydroxylation sites is 1. The molecule has 0 amide bonds. The van der Waals surface area contributed by atoms with E-state index in [0.29, 0.717) is 0 Å². The Hall–Kier alpha value is -2.82. The normalized spacial score (nSPS) is 11.2. The lowest BCUT2D eigenvalue weighted by molar-refractivity contribution is 1.22. The minimum Gasteiger partial charge on any atom is -0.337 e. The fraction of sp³-hybridized carbons (Fsp3) is 0.0667. The van der Waals surface area contributed by atoms with Crippen molar-refractivity contribution in [1.29, 1.82) is 0 Å². The van der Waals surface area contributed by atoms with Crippen molar-refractivity contribution in [2.45, 2.75) is 6.92 Å². The summed E-state index contributed by atoms with van der Waals surface area (Å²) in [5.41, 5.74) is 5.23. The topological polar surface area (TPSA) is 67.3 Å².